The molecule has 1 fully saturated rings. The summed E-state index contributed by atoms with van der Waals surface area (Å²) in [5.74, 6) is 0.563. The fraction of sp³-hybridized carbons (Fsp3) is 0.400. The van der Waals surface area contributed by atoms with Gasteiger partial charge in [0, 0.05) is 24.7 Å². The number of rotatable bonds is 5. The molecule has 0 bridgehead atoms. The van der Waals surface area contributed by atoms with E-state index >= 15 is 0 Å². The number of hydrogen-bond acceptors (Lipinski definition) is 3. The van der Waals surface area contributed by atoms with Crippen molar-refractivity contribution >= 4 is 23.0 Å². The highest BCUT2D eigenvalue weighted by Gasteiger charge is 2.15. The Morgan fingerprint density at radius 3 is 2.46 bits per heavy atom. The molecule has 2 aromatic rings. The number of nitrogens with one attached hydrogen (secondary N) is 1. The highest BCUT2D eigenvalue weighted by Crippen LogP contribution is 2.30. The molecule has 0 spiro atoms. The lowest BCUT2D eigenvalue weighted by Gasteiger charge is -2.30. The summed E-state index contributed by atoms with van der Waals surface area (Å²) in [5.41, 5.74) is 4.92. The van der Waals surface area contributed by atoms with Crippen LogP contribution in [-0.4, -0.2) is 26.3 Å². The molecule has 1 N–H and O–H groups in total. The summed E-state index contributed by atoms with van der Waals surface area (Å²) in [5, 5.41) is 4.30. The molecule has 0 unspecified atom stereocenters. The minimum absolute atomic E-state index is 0.563. The van der Waals surface area contributed by atoms with Crippen molar-refractivity contribution in [2.75, 3.05) is 36.5 Å². The molecule has 1 heterocycles. The molecule has 24 heavy (non-hydrogen) atoms. The Hall–Kier alpha value is -1.71. The summed E-state index contributed by atoms with van der Waals surface area (Å²) in [6.07, 6.45) is 0. The zero-order valence-corrected chi connectivity index (χ0v) is 15.1. The number of benzene rings is 2. The fourth-order valence-corrected chi connectivity index (χ4v) is 3.12. The lowest BCUT2D eigenvalue weighted by Crippen LogP contribution is -2.36. The number of anilines is 2. The van der Waals surface area contributed by atoms with Crippen molar-refractivity contribution in [2.24, 2.45) is 0 Å². The second-order valence-corrected chi connectivity index (χ2v) is 6.95. The van der Waals surface area contributed by atoms with Gasteiger partial charge in [-0.2, -0.15) is 0 Å². The van der Waals surface area contributed by atoms with Gasteiger partial charge in [-0.05, 0) is 35.2 Å². The summed E-state index contributed by atoms with van der Waals surface area (Å²) in [4.78, 5) is 2.35. The van der Waals surface area contributed by atoms with Crippen molar-refractivity contribution in [3.8, 4) is 0 Å². The van der Waals surface area contributed by atoms with Gasteiger partial charge in [-0.3, -0.25) is 0 Å². The first-order chi connectivity index (χ1) is 11.6. The average Bonchev–Trinajstić information content (AvgIpc) is 2.61. The molecule has 0 aromatic heterocycles. The van der Waals surface area contributed by atoms with Crippen molar-refractivity contribution < 1.29 is 4.74 Å². The Labute approximate surface area is 149 Å². The first-order valence-corrected chi connectivity index (χ1v) is 8.96. The predicted octanol–water partition coefficient (Wildman–Crippen LogP) is 4.91. The number of halogens is 1. The summed E-state index contributed by atoms with van der Waals surface area (Å²) in [7, 11) is 0. The molecule has 128 valence electrons. The van der Waals surface area contributed by atoms with Crippen molar-refractivity contribution in [1.29, 1.82) is 0 Å². The smallest absolute Gasteiger partial charge is 0.0642 e. The van der Waals surface area contributed by atoms with Gasteiger partial charge in [0.2, 0.25) is 0 Å². The van der Waals surface area contributed by atoms with Crippen LogP contribution < -0.4 is 10.2 Å². The van der Waals surface area contributed by atoms with E-state index in [-0.39, 0.29) is 0 Å². The van der Waals surface area contributed by atoms with Gasteiger partial charge in [-0.25, -0.2) is 0 Å². The maximum absolute atomic E-state index is 6.21. The third-order valence-corrected chi connectivity index (χ3v) is 4.67. The van der Waals surface area contributed by atoms with Crippen LogP contribution in [0.3, 0.4) is 0 Å². The van der Waals surface area contributed by atoms with Crippen LogP contribution in [0.1, 0.15) is 30.9 Å². The number of hydrogen-bond donors (Lipinski definition) is 1. The molecule has 0 aliphatic carbocycles. The minimum Gasteiger partial charge on any atom is -0.379 e. The third kappa shape index (κ3) is 4.22. The van der Waals surface area contributed by atoms with Gasteiger partial charge in [0.15, 0.2) is 0 Å². The highest BCUT2D eigenvalue weighted by molar-refractivity contribution is 6.31. The number of ether oxygens (including phenoxy) is 1. The van der Waals surface area contributed by atoms with Gasteiger partial charge in [0.25, 0.3) is 0 Å². The Morgan fingerprint density at radius 2 is 1.79 bits per heavy atom. The molecule has 3 rings (SSSR count). The second kappa shape index (κ2) is 7.91. The van der Waals surface area contributed by atoms with Crippen LogP contribution >= 0.6 is 11.6 Å². The maximum Gasteiger partial charge on any atom is 0.0642 e. The van der Waals surface area contributed by atoms with Gasteiger partial charge < -0.3 is 15.0 Å². The van der Waals surface area contributed by atoms with E-state index in [9.17, 15) is 0 Å². The van der Waals surface area contributed by atoms with Gasteiger partial charge in [-0.15, -0.1) is 0 Å². The van der Waals surface area contributed by atoms with Crippen LogP contribution in [0.15, 0.2) is 42.5 Å². The minimum atomic E-state index is 0.563. The monoisotopic (exact) mass is 344 g/mol. The molecule has 2 aromatic carbocycles. The quantitative estimate of drug-likeness (QED) is 0.833. The van der Waals surface area contributed by atoms with Crippen molar-refractivity contribution in [2.45, 2.75) is 26.3 Å². The molecular weight excluding hydrogens is 320 g/mol. The predicted molar refractivity (Wildman–Crippen MR) is 102 cm³/mol. The van der Waals surface area contributed by atoms with Gasteiger partial charge >= 0.3 is 0 Å². The van der Waals surface area contributed by atoms with Crippen LogP contribution in [0, 0.1) is 0 Å². The molecule has 0 saturated carbocycles. The van der Waals surface area contributed by atoms with Crippen LogP contribution in [0.5, 0.6) is 0 Å². The SMILES string of the molecule is CC(C)c1ccc(CNc2cc(Cl)ccc2N2CCOCC2)cc1. The van der Waals surface area contributed by atoms with Crippen molar-refractivity contribution in [3.63, 3.8) is 0 Å². The van der Waals surface area contributed by atoms with Gasteiger partial charge in [0.05, 0.1) is 24.6 Å². The van der Waals surface area contributed by atoms with Gasteiger partial charge in [-0.1, -0.05) is 49.7 Å². The Kier molecular flexibility index (Phi) is 5.64. The molecule has 1 aliphatic heterocycles. The third-order valence-electron chi connectivity index (χ3n) is 4.44. The maximum atomic E-state index is 6.21. The van der Waals surface area contributed by atoms with E-state index in [1.54, 1.807) is 0 Å². The largest absolute Gasteiger partial charge is 0.379 e. The van der Waals surface area contributed by atoms with E-state index < -0.39 is 0 Å². The standard InChI is InChI=1S/C20H25ClN2O/c1-15(2)17-5-3-16(4-6-17)14-22-19-13-18(21)7-8-20(19)23-9-11-24-12-10-23/h3-8,13,15,22H,9-12,14H2,1-2H3. The molecule has 0 radical (unpaired) electrons. The molecule has 4 heteroatoms. The fourth-order valence-electron chi connectivity index (χ4n) is 2.95. The Morgan fingerprint density at radius 1 is 1.08 bits per heavy atom. The normalized spacial score (nSPS) is 14.9. The summed E-state index contributed by atoms with van der Waals surface area (Å²) >= 11 is 6.21. The van der Waals surface area contributed by atoms with Crippen LogP contribution in [0.2, 0.25) is 5.02 Å². The second-order valence-electron chi connectivity index (χ2n) is 6.51. The van der Waals surface area contributed by atoms with Gasteiger partial charge in [0.1, 0.15) is 0 Å². The van der Waals surface area contributed by atoms with Crippen molar-refractivity contribution in [3.05, 3.63) is 58.6 Å². The number of morpholine rings is 1. The molecule has 1 saturated heterocycles. The van der Waals surface area contributed by atoms with E-state index in [0.29, 0.717) is 5.92 Å². The molecule has 0 atom stereocenters. The Bertz CT molecular complexity index is 664. The molecular formula is C20H25ClN2O. The molecule has 3 nitrogen and oxygen atoms in total. The molecule has 1 aliphatic rings. The highest BCUT2D eigenvalue weighted by atomic mass is 35.5. The lowest BCUT2D eigenvalue weighted by atomic mass is 10.0. The Balaban J connectivity index is 1.72. The van der Waals surface area contributed by atoms with E-state index in [1.165, 1.54) is 16.8 Å². The summed E-state index contributed by atoms with van der Waals surface area (Å²) < 4.78 is 5.46. The first kappa shape index (κ1) is 17.1. The van der Waals surface area contributed by atoms with Crippen LogP contribution in [0.4, 0.5) is 11.4 Å². The topological polar surface area (TPSA) is 24.5 Å². The van der Waals surface area contributed by atoms with Crippen molar-refractivity contribution in [1.82, 2.24) is 0 Å². The zero-order chi connectivity index (χ0) is 16.9. The first-order valence-electron chi connectivity index (χ1n) is 8.58. The van der Waals surface area contributed by atoms with Crippen LogP contribution in [0.25, 0.3) is 0 Å². The summed E-state index contributed by atoms with van der Waals surface area (Å²) in [6.45, 7) is 8.61. The van der Waals surface area contributed by atoms with E-state index in [1.807, 2.05) is 12.1 Å². The van der Waals surface area contributed by atoms with E-state index in [4.69, 9.17) is 16.3 Å². The summed E-state index contributed by atoms with van der Waals surface area (Å²) in [6, 6.07) is 14.9. The lowest BCUT2D eigenvalue weighted by molar-refractivity contribution is 0.123. The zero-order valence-electron chi connectivity index (χ0n) is 14.4. The van der Waals surface area contributed by atoms with E-state index in [0.717, 1.165) is 43.6 Å². The average molecular weight is 345 g/mol. The van der Waals surface area contributed by atoms with Crippen LogP contribution in [-0.2, 0) is 11.3 Å². The molecule has 0 amide bonds. The van der Waals surface area contributed by atoms with E-state index in [2.05, 4.69) is 54.4 Å². The number of nitrogens with zero attached hydrogens (tertiary/aromatic N) is 1.